The Labute approximate surface area is 303 Å². The molecule has 4 nitrogen and oxygen atoms in total. The third-order valence-electron chi connectivity index (χ3n) is 12.8. The average molecular weight is 688 g/mol. The Morgan fingerprint density at radius 2 is 1.70 bits per heavy atom. The quantitative estimate of drug-likeness (QED) is 0.0716. The first-order valence-corrected chi connectivity index (χ1v) is 23.2. The molecule has 1 aromatic carbocycles. The van der Waals surface area contributed by atoms with Crippen molar-refractivity contribution >= 4 is 18.8 Å². The summed E-state index contributed by atoms with van der Waals surface area (Å²) in [5, 5.41) is 4.78. The first-order valence-electron chi connectivity index (χ1n) is 19.7. The van der Waals surface area contributed by atoms with Gasteiger partial charge < -0.3 is 4.74 Å². The van der Waals surface area contributed by atoms with E-state index in [1.165, 1.54) is 97.9 Å². The molecule has 2 fully saturated rings. The number of nitrogens with one attached hydrogen (secondary N) is 1. The fourth-order valence-corrected chi connectivity index (χ4v) is 11.9. The standard InChI is InChI=1S/C45H61N3OSi/c1-9-39-44(38-22-16-15-21-37(38)40-27-36(25-33-17-13-14-18-33)42(28-48(39)40)50(6,7)8)45-31(3)43(32(4)49-29-46-5)41-26-35(23-24-47(41)45)30(2)34-19-11-10-12-20-34/h9,15-16,21-24,26-28,30,33-34,39,44-46H,1,4,10-14,17-20,25,29H2,2-3,5-8H3/q+2. The molecular weight excluding hydrogens is 627 g/mol. The molecule has 4 unspecified atom stereocenters. The highest BCUT2D eigenvalue weighted by molar-refractivity contribution is 6.89. The minimum Gasteiger partial charge on any atom is -0.478 e. The van der Waals surface area contributed by atoms with Gasteiger partial charge in [0.1, 0.15) is 18.4 Å². The number of rotatable bonds is 11. The number of benzene rings is 1. The van der Waals surface area contributed by atoms with Gasteiger partial charge in [-0.15, -0.1) is 0 Å². The molecule has 0 radical (unpaired) electrons. The molecule has 2 aliphatic heterocycles. The number of pyridine rings is 2. The summed E-state index contributed by atoms with van der Waals surface area (Å²) in [5.74, 6) is 3.02. The number of allylic oxidation sites excluding steroid dienone is 3. The van der Waals surface area contributed by atoms with E-state index in [0.29, 0.717) is 12.6 Å². The van der Waals surface area contributed by atoms with Crippen LogP contribution in [0.1, 0.15) is 118 Å². The summed E-state index contributed by atoms with van der Waals surface area (Å²) in [6.07, 6.45) is 20.7. The summed E-state index contributed by atoms with van der Waals surface area (Å²) >= 11 is 0. The molecule has 4 heterocycles. The Bertz CT molecular complexity index is 1790. The van der Waals surface area contributed by atoms with Gasteiger partial charge in [-0.05, 0) is 79.8 Å². The summed E-state index contributed by atoms with van der Waals surface area (Å²) in [7, 11) is 0.284. The van der Waals surface area contributed by atoms with Crippen LogP contribution in [-0.2, 0) is 11.2 Å². The number of hydrogen-bond donors (Lipinski definition) is 1. The molecule has 0 spiro atoms. The van der Waals surface area contributed by atoms with Gasteiger partial charge in [-0.25, -0.2) is 0 Å². The van der Waals surface area contributed by atoms with Crippen LogP contribution in [0.5, 0.6) is 0 Å². The zero-order valence-electron chi connectivity index (χ0n) is 31.7. The second kappa shape index (κ2) is 14.4. The lowest BCUT2D eigenvalue weighted by Gasteiger charge is -2.33. The topological polar surface area (TPSA) is 29.0 Å². The minimum atomic E-state index is -1.64. The lowest BCUT2D eigenvalue weighted by molar-refractivity contribution is -0.745. The number of ether oxygens (including phenoxy) is 1. The maximum atomic E-state index is 6.26. The summed E-state index contributed by atoms with van der Waals surface area (Å²) in [4.78, 5) is 0. The normalized spacial score (nSPS) is 23.0. The zero-order chi connectivity index (χ0) is 35.2. The SMILES string of the molecule is C=CC1C(C2C(C)=C(C(=C)OCNC)c3cc(C(C)C4CCCCC4)cc[n+]32)c2ccccc2-c2cc(CC3CCCC3)c([Si](C)(C)C)c[n+]21. The molecule has 0 bridgehead atoms. The lowest BCUT2D eigenvalue weighted by Crippen LogP contribution is -2.56. The van der Waals surface area contributed by atoms with Crippen LogP contribution in [0.25, 0.3) is 16.8 Å². The van der Waals surface area contributed by atoms with Gasteiger partial charge in [0.25, 0.3) is 0 Å². The highest BCUT2D eigenvalue weighted by Gasteiger charge is 2.52. The molecule has 0 saturated heterocycles. The van der Waals surface area contributed by atoms with Gasteiger partial charge in [-0.3, -0.25) is 5.32 Å². The molecule has 2 aliphatic carbocycles. The number of hydrogen-bond acceptors (Lipinski definition) is 2. The van der Waals surface area contributed by atoms with Crippen molar-refractivity contribution in [1.82, 2.24) is 5.32 Å². The van der Waals surface area contributed by atoms with Gasteiger partial charge >= 0.3 is 0 Å². The van der Waals surface area contributed by atoms with E-state index in [1.807, 2.05) is 7.05 Å². The highest BCUT2D eigenvalue weighted by Crippen LogP contribution is 2.50. The Morgan fingerprint density at radius 1 is 0.980 bits per heavy atom. The minimum absolute atomic E-state index is 0.0995. The molecule has 1 N–H and O–H groups in total. The summed E-state index contributed by atoms with van der Waals surface area (Å²) in [5.41, 5.74) is 10.9. The van der Waals surface area contributed by atoms with Crippen molar-refractivity contribution in [3.8, 4) is 11.3 Å². The third kappa shape index (κ3) is 6.38. The number of nitrogens with zero attached hydrogens (tertiary/aromatic N) is 2. The van der Waals surface area contributed by atoms with Crippen LogP contribution in [0.2, 0.25) is 19.6 Å². The maximum absolute atomic E-state index is 6.26. The molecular formula is C45H61N3OSi+2. The van der Waals surface area contributed by atoms with E-state index in [-0.39, 0.29) is 18.0 Å². The molecule has 7 rings (SSSR count). The molecule has 2 aromatic heterocycles. The predicted molar refractivity (Wildman–Crippen MR) is 210 cm³/mol. The second-order valence-electron chi connectivity index (χ2n) is 17.0. The van der Waals surface area contributed by atoms with Gasteiger partial charge in [0.2, 0.25) is 11.4 Å². The fourth-order valence-electron chi connectivity index (χ4n) is 10.2. The average Bonchev–Trinajstić information content (AvgIpc) is 3.74. The molecule has 50 heavy (non-hydrogen) atoms. The molecule has 264 valence electrons. The van der Waals surface area contributed by atoms with Crippen molar-refractivity contribution in [2.75, 3.05) is 13.8 Å². The first-order chi connectivity index (χ1) is 24.1. The van der Waals surface area contributed by atoms with E-state index >= 15 is 0 Å². The van der Waals surface area contributed by atoms with Gasteiger partial charge in [-0.2, -0.15) is 9.13 Å². The van der Waals surface area contributed by atoms with Gasteiger partial charge in [0.05, 0.1) is 19.2 Å². The molecule has 5 heteroatoms. The van der Waals surface area contributed by atoms with Gasteiger partial charge in [0, 0.05) is 29.0 Å². The summed E-state index contributed by atoms with van der Waals surface area (Å²) in [6, 6.07) is 16.9. The van der Waals surface area contributed by atoms with E-state index in [9.17, 15) is 0 Å². The van der Waals surface area contributed by atoms with Crippen molar-refractivity contribution in [1.29, 1.82) is 0 Å². The number of fused-ring (bicyclic) bond motifs is 4. The number of aromatic nitrogens is 2. The summed E-state index contributed by atoms with van der Waals surface area (Å²) < 4.78 is 11.4. The Balaban J connectivity index is 1.38. The Hall–Kier alpha value is -3.28. The molecule has 4 atom stereocenters. The fraction of sp³-hybridized carbons (Fsp3) is 0.511. The van der Waals surface area contributed by atoms with E-state index in [1.54, 1.807) is 10.8 Å². The lowest BCUT2D eigenvalue weighted by atomic mass is 9.76. The van der Waals surface area contributed by atoms with Crippen molar-refractivity contribution in [2.24, 2.45) is 11.8 Å². The Morgan fingerprint density at radius 3 is 2.40 bits per heavy atom. The predicted octanol–water partition coefficient (Wildman–Crippen LogP) is 9.45. The highest BCUT2D eigenvalue weighted by atomic mass is 28.3. The summed E-state index contributed by atoms with van der Waals surface area (Å²) in [6.45, 7) is 21.9. The van der Waals surface area contributed by atoms with Crippen molar-refractivity contribution in [3.05, 3.63) is 108 Å². The van der Waals surface area contributed by atoms with Crippen LogP contribution in [-0.4, -0.2) is 21.9 Å². The van der Waals surface area contributed by atoms with E-state index < -0.39 is 8.07 Å². The van der Waals surface area contributed by atoms with Crippen LogP contribution in [0, 0.1) is 11.8 Å². The van der Waals surface area contributed by atoms with Crippen molar-refractivity contribution in [3.63, 3.8) is 0 Å². The van der Waals surface area contributed by atoms with Gasteiger partial charge in [0.15, 0.2) is 24.5 Å². The molecule has 2 saturated carbocycles. The first kappa shape index (κ1) is 35.1. The maximum Gasteiger partial charge on any atom is 0.217 e. The largest absolute Gasteiger partial charge is 0.478 e. The van der Waals surface area contributed by atoms with E-state index in [0.717, 1.165) is 23.2 Å². The monoisotopic (exact) mass is 687 g/mol. The van der Waals surface area contributed by atoms with E-state index in [2.05, 4.69) is 122 Å². The van der Waals surface area contributed by atoms with Crippen LogP contribution < -0.4 is 19.6 Å². The van der Waals surface area contributed by atoms with Crippen LogP contribution in [0.3, 0.4) is 0 Å². The molecule has 3 aromatic rings. The zero-order valence-corrected chi connectivity index (χ0v) is 32.7. The van der Waals surface area contributed by atoms with Crippen LogP contribution in [0.15, 0.2) is 85.4 Å². The Kier molecular flexibility index (Phi) is 10.1. The van der Waals surface area contributed by atoms with Crippen molar-refractivity contribution < 1.29 is 13.9 Å². The molecule has 0 amide bonds. The molecule has 4 aliphatic rings. The second-order valence-corrected chi connectivity index (χ2v) is 22.0. The van der Waals surface area contributed by atoms with E-state index in [4.69, 9.17) is 4.74 Å². The van der Waals surface area contributed by atoms with Crippen LogP contribution in [0.4, 0.5) is 0 Å². The third-order valence-corrected chi connectivity index (χ3v) is 14.9. The van der Waals surface area contributed by atoms with Gasteiger partial charge in [-0.1, -0.05) is 103 Å². The smallest absolute Gasteiger partial charge is 0.217 e. The van der Waals surface area contributed by atoms with Crippen molar-refractivity contribution in [2.45, 2.75) is 122 Å². The van der Waals surface area contributed by atoms with Crippen LogP contribution >= 0.6 is 0 Å².